The fourth-order valence-corrected chi connectivity index (χ4v) is 3.94. The zero-order chi connectivity index (χ0) is 27.4. The van der Waals surface area contributed by atoms with E-state index < -0.39 is 23.8 Å². The van der Waals surface area contributed by atoms with E-state index in [2.05, 4.69) is 5.32 Å². The molecule has 0 aromatic heterocycles. The number of nitrogens with one attached hydrogen (secondary N) is 1. The number of hydrogen-bond acceptors (Lipinski definition) is 8. The summed E-state index contributed by atoms with van der Waals surface area (Å²) in [5.74, 6) is -2.74. The standard InChI is InChI=1S/C20H25ClN2O5.C7H6O2/c1-4-28-20(25)18-15(11-27-10-9-22)23-12(2)16(19(24)26-3)17(18)13-7-5-6-8-14(13)21;8-7(9)6-4-2-1-3-5-6/h5-8,17,23H,4,9-11,22H2,1-3H3;1-5H,(H,8,9)/t17-;/m0./s1. The molecular weight excluding hydrogens is 500 g/mol. The van der Waals surface area contributed by atoms with Gasteiger partial charge in [0.15, 0.2) is 0 Å². The summed E-state index contributed by atoms with van der Waals surface area (Å²) in [7, 11) is 1.29. The van der Waals surface area contributed by atoms with Gasteiger partial charge in [-0.05, 0) is 37.6 Å². The zero-order valence-electron chi connectivity index (χ0n) is 21.0. The Morgan fingerprint density at radius 3 is 2.22 bits per heavy atom. The van der Waals surface area contributed by atoms with Crippen LogP contribution < -0.4 is 11.1 Å². The molecule has 0 saturated carbocycles. The molecule has 1 heterocycles. The van der Waals surface area contributed by atoms with E-state index in [9.17, 15) is 14.4 Å². The minimum Gasteiger partial charge on any atom is -0.478 e. The largest absolute Gasteiger partial charge is 0.478 e. The number of carbonyl (C=O) groups is 3. The van der Waals surface area contributed by atoms with Crippen LogP contribution in [0.5, 0.6) is 0 Å². The highest BCUT2D eigenvalue weighted by Crippen LogP contribution is 2.41. The molecule has 0 amide bonds. The van der Waals surface area contributed by atoms with E-state index in [1.165, 1.54) is 7.11 Å². The predicted octanol–water partition coefficient (Wildman–Crippen LogP) is 3.65. The fraction of sp³-hybridized carbons (Fsp3) is 0.296. The summed E-state index contributed by atoms with van der Waals surface area (Å²) in [6.45, 7) is 4.42. The number of carbonyl (C=O) groups excluding carboxylic acids is 2. The number of carboxylic acids is 1. The van der Waals surface area contributed by atoms with E-state index in [1.807, 2.05) is 0 Å². The number of benzene rings is 2. The molecule has 1 aliphatic rings. The van der Waals surface area contributed by atoms with Gasteiger partial charge in [-0.1, -0.05) is 48.0 Å². The van der Waals surface area contributed by atoms with Crippen LogP contribution in [0, 0.1) is 0 Å². The maximum atomic E-state index is 12.9. The van der Waals surface area contributed by atoms with Gasteiger partial charge in [-0.2, -0.15) is 0 Å². The molecule has 0 radical (unpaired) electrons. The molecule has 37 heavy (non-hydrogen) atoms. The second kappa shape index (κ2) is 14.8. The summed E-state index contributed by atoms with van der Waals surface area (Å²) in [5, 5.41) is 11.9. The number of allylic oxidation sites excluding steroid dienone is 1. The summed E-state index contributed by atoms with van der Waals surface area (Å²) in [6, 6.07) is 15.3. The molecule has 2 aromatic rings. The van der Waals surface area contributed by atoms with Gasteiger partial charge in [0.05, 0.1) is 55.3 Å². The van der Waals surface area contributed by atoms with Crippen LogP contribution in [0.3, 0.4) is 0 Å². The van der Waals surface area contributed by atoms with E-state index in [0.717, 1.165) is 0 Å². The minimum absolute atomic E-state index is 0.109. The zero-order valence-corrected chi connectivity index (χ0v) is 21.7. The van der Waals surface area contributed by atoms with Gasteiger partial charge in [-0.15, -0.1) is 0 Å². The van der Waals surface area contributed by atoms with Crippen LogP contribution in [-0.4, -0.2) is 56.5 Å². The first-order valence-corrected chi connectivity index (χ1v) is 11.9. The molecule has 0 bridgehead atoms. The molecule has 1 atom stereocenters. The van der Waals surface area contributed by atoms with Crippen molar-refractivity contribution in [3.8, 4) is 0 Å². The highest BCUT2D eigenvalue weighted by molar-refractivity contribution is 6.31. The molecule has 198 valence electrons. The van der Waals surface area contributed by atoms with Crippen LogP contribution in [0.1, 0.15) is 35.7 Å². The summed E-state index contributed by atoms with van der Waals surface area (Å²) in [6.07, 6.45) is 0. The average molecular weight is 531 g/mol. The third-order valence-corrected chi connectivity index (χ3v) is 5.64. The Hall–Kier alpha value is -3.66. The molecule has 10 heteroatoms. The van der Waals surface area contributed by atoms with Gasteiger partial charge in [-0.25, -0.2) is 14.4 Å². The van der Waals surface area contributed by atoms with Gasteiger partial charge >= 0.3 is 17.9 Å². The van der Waals surface area contributed by atoms with Gasteiger partial charge in [0, 0.05) is 17.3 Å². The lowest BCUT2D eigenvalue weighted by molar-refractivity contribution is -0.139. The molecule has 9 nitrogen and oxygen atoms in total. The quantitative estimate of drug-likeness (QED) is 0.327. The van der Waals surface area contributed by atoms with Gasteiger partial charge < -0.3 is 30.4 Å². The van der Waals surface area contributed by atoms with Crippen molar-refractivity contribution < 1.29 is 33.7 Å². The smallest absolute Gasteiger partial charge is 0.336 e. The molecule has 4 N–H and O–H groups in total. The Morgan fingerprint density at radius 2 is 1.68 bits per heavy atom. The molecule has 2 aromatic carbocycles. The van der Waals surface area contributed by atoms with Crippen LogP contribution in [-0.2, 0) is 23.8 Å². The lowest BCUT2D eigenvalue weighted by Crippen LogP contribution is -2.35. The maximum absolute atomic E-state index is 12.9. The molecule has 0 fully saturated rings. The van der Waals surface area contributed by atoms with Crippen molar-refractivity contribution in [3.05, 3.63) is 93.3 Å². The van der Waals surface area contributed by atoms with Gasteiger partial charge in [0.25, 0.3) is 0 Å². The normalized spacial score (nSPS) is 14.8. The lowest BCUT2D eigenvalue weighted by Gasteiger charge is -2.31. The molecule has 0 saturated heterocycles. The number of hydrogen-bond donors (Lipinski definition) is 3. The van der Waals surface area contributed by atoms with Crippen LogP contribution in [0.2, 0.25) is 5.02 Å². The minimum atomic E-state index is -0.879. The molecular formula is C27H31ClN2O7. The Kier molecular flexibility index (Phi) is 11.8. The molecule has 0 aliphatic carbocycles. The number of esters is 2. The molecule has 0 spiro atoms. The van der Waals surface area contributed by atoms with Crippen molar-refractivity contribution in [2.75, 3.05) is 33.5 Å². The SMILES string of the molecule is CCOC(=O)C1=C(COCCN)NC(C)=C(C(=O)OC)[C@@H]1c1ccccc1Cl.O=C(O)c1ccccc1. The van der Waals surface area contributed by atoms with Crippen LogP contribution >= 0.6 is 11.6 Å². The third-order valence-electron chi connectivity index (χ3n) is 5.29. The third kappa shape index (κ3) is 7.91. The fourth-order valence-electron chi connectivity index (χ4n) is 3.70. The molecule has 0 unspecified atom stereocenters. The van der Waals surface area contributed by atoms with E-state index in [4.69, 9.17) is 36.7 Å². The van der Waals surface area contributed by atoms with E-state index in [1.54, 1.807) is 68.4 Å². The summed E-state index contributed by atoms with van der Waals surface area (Å²) in [5.41, 5.74) is 8.03. The number of rotatable bonds is 9. The number of nitrogens with two attached hydrogens (primary N) is 1. The van der Waals surface area contributed by atoms with Gasteiger partial charge in [-0.3, -0.25) is 0 Å². The van der Waals surface area contributed by atoms with Crippen molar-refractivity contribution in [3.63, 3.8) is 0 Å². The number of ether oxygens (including phenoxy) is 3. The monoisotopic (exact) mass is 530 g/mol. The second-order valence-corrected chi connectivity index (χ2v) is 8.14. The first-order chi connectivity index (χ1) is 17.8. The van der Waals surface area contributed by atoms with Gasteiger partial charge in [0.2, 0.25) is 0 Å². The van der Waals surface area contributed by atoms with Crippen LogP contribution in [0.25, 0.3) is 0 Å². The number of dihydropyridines is 1. The number of halogens is 1. The Bertz CT molecular complexity index is 1160. The predicted molar refractivity (Wildman–Crippen MR) is 139 cm³/mol. The van der Waals surface area contributed by atoms with Crippen LogP contribution in [0.15, 0.2) is 77.1 Å². The molecule has 1 aliphatic heterocycles. The number of carboxylic acid groups (broad SMARTS) is 1. The number of methoxy groups -OCH3 is 1. The highest BCUT2D eigenvalue weighted by atomic mass is 35.5. The first kappa shape index (κ1) is 29.6. The summed E-state index contributed by atoms with van der Waals surface area (Å²) in [4.78, 5) is 35.7. The van der Waals surface area contributed by atoms with Gasteiger partial charge in [0.1, 0.15) is 0 Å². The van der Waals surface area contributed by atoms with E-state index in [0.29, 0.717) is 46.3 Å². The molecule has 3 rings (SSSR count). The summed E-state index contributed by atoms with van der Waals surface area (Å²) >= 11 is 6.42. The Balaban J connectivity index is 0.000000449. The number of aromatic carboxylic acids is 1. The topological polar surface area (TPSA) is 137 Å². The first-order valence-electron chi connectivity index (χ1n) is 11.5. The maximum Gasteiger partial charge on any atom is 0.336 e. The van der Waals surface area contributed by atoms with E-state index in [-0.39, 0.29) is 18.8 Å². The van der Waals surface area contributed by atoms with Crippen molar-refractivity contribution in [1.82, 2.24) is 5.32 Å². The Morgan fingerprint density at radius 1 is 1.03 bits per heavy atom. The summed E-state index contributed by atoms with van der Waals surface area (Å²) < 4.78 is 15.8. The second-order valence-electron chi connectivity index (χ2n) is 7.73. The van der Waals surface area contributed by atoms with Crippen molar-refractivity contribution in [2.24, 2.45) is 5.73 Å². The van der Waals surface area contributed by atoms with Crippen LogP contribution in [0.4, 0.5) is 0 Å². The van der Waals surface area contributed by atoms with Crippen molar-refractivity contribution in [2.45, 2.75) is 19.8 Å². The lowest BCUT2D eigenvalue weighted by atomic mass is 9.80. The van der Waals surface area contributed by atoms with Crippen molar-refractivity contribution in [1.29, 1.82) is 0 Å². The van der Waals surface area contributed by atoms with Crippen molar-refractivity contribution >= 4 is 29.5 Å². The van der Waals surface area contributed by atoms with E-state index >= 15 is 0 Å². The Labute approximate surface area is 220 Å². The highest BCUT2D eigenvalue weighted by Gasteiger charge is 2.39. The average Bonchev–Trinajstić information content (AvgIpc) is 2.89.